The van der Waals surface area contributed by atoms with E-state index < -0.39 is 23.5 Å². The van der Waals surface area contributed by atoms with E-state index in [2.05, 4.69) is 4.99 Å². The molecule has 1 aliphatic heterocycles. The molecule has 1 aliphatic rings. The summed E-state index contributed by atoms with van der Waals surface area (Å²) < 4.78 is 35.3. The molecule has 2 aromatic heterocycles. The van der Waals surface area contributed by atoms with Crippen molar-refractivity contribution in [2.75, 3.05) is 27.9 Å². The molecule has 0 fully saturated rings. The van der Waals surface area contributed by atoms with E-state index in [1.807, 2.05) is 0 Å². The van der Waals surface area contributed by atoms with Gasteiger partial charge in [-0.1, -0.05) is 22.9 Å². The largest absolute Gasteiger partial charge is 0.493 e. The van der Waals surface area contributed by atoms with Gasteiger partial charge in [0, 0.05) is 16.7 Å². The minimum atomic E-state index is -0.922. The Morgan fingerprint density at radius 3 is 2.36 bits per heavy atom. The molecule has 0 saturated carbocycles. The van der Waals surface area contributed by atoms with Crippen molar-refractivity contribution >= 4 is 41.0 Å². The van der Waals surface area contributed by atoms with Gasteiger partial charge < -0.3 is 28.1 Å². The third-order valence-corrected chi connectivity index (χ3v) is 8.45. The van der Waals surface area contributed by atoms with Crippen molar-refractivity contribution < 1.29 is 37.7 Å². The first kappa shape index (κ1) is 33.6. The molecule has 2 aromatic carbocycles. The van der Waals surface area contributed by atoms with Crippen molar-refractivity contribution in [3.05, 3.63) is 95.3 Å². The van der Waals surface area contributed by atoms with Gasteiger partial charge in [0.25, 0.3) is 5.56 Å². The van der Waals surface area contributed by atoms with Gasteiger partial charge in [0.2, 0.25) is 5.75 Å². The number of hydrogen-bond acceptors (Lipinski definition) is 11. The van der Waals surface area contributed by atoms with E-state index in [0.717, 1.165) is 11.3 Å². The predicted molar refractivity (Wildman–Crippen MR) is 176 cm³/mol. The molecule has 4 aromatic rings. The molecule has 0 N–H and O–H groups in total. The summed E-state index contributed by atoms with van der Waals surface area (Å²) >= 11 is 7.40. The monoisotopic (exact) mass is 680 g/mol. The summed E-state index contributed by atoms with van der Waals surface area (Å²) in [6.45, 7) is 7.05. The Kier molecular flexibility index (Phi) is 9.92. The van der Waals surface area contributed by atoms with E-state index in [1.165, 1.54) is 25.9 Å². The molecule has 0 spiro atoms. The number of nitrogens with zero attached hydrogens (tertiary/aromatic N) is 2. The molecule has 246 valence electrons. The van der Waals surface area contributed by atoms with Crippen LogP contribution in [-0.4, -0.2) is 50.5 Å². The highest BCUT2D eigenvalue weighted by Gasteiger charge is 2.35. The zero-order valence-corrected chi connectivity index (χ0v) is 28.4. The molecular weight excluding hydrogens is 648 g/mol. The van der Waals surface area contributed by atoms with E-state index in [4.69, 9.17) is 39.7 Å². The number of methoxy groups -OCH3 is 3. The summed E-state index contributed by atoms with van der Waals surface area (Å²) in [7, 11) is 4.45. The molecule has 0 unspecified atom stereocenters. The topological polar surface area (TPSA) is 128 Å². The van der Waals surface area contributed by atoms with Crippen LogP contribution in [0.15, 0.2) is 67.9 Å². The summed E-state index contributed by atoms with van der Waals surface area (Å²) in [6.07, 6.45) is 1.26. The van der Waals surface area contributed by atoms with Crippen molar-refractivity contribution in [3.63, 3.8) is 0 Å². The molecule has 0 amide bonds. The van der Waals surface area contributed by atoms with E-state index in [1.54, 1.807) is 76.2 Å². The van der Waals surface area contributed by atoms with Crippen LogP contribution in [0.3, 0.4) is 0 Å². The summed E-state index contributed by atoms with van der Waals surface area (Å²) in [5.74, 6) is 0.643. The highest BCUT2D eigenvalue weighted by molar-refractivity contribution is 7.07. The maximum Gasteiger partial charge on any atom is 0.339 e. The van der Waals surface area contributed by atoms with Crippen molar-refractivity contribution in [2.45, 2.75) is 39.8 Å². The Bertz CT molecular complexity index is 2050. The van der Waals surface area contributed by atoms with Crippen molar-refractivity contribution in [2.24, 2.45) is 4.99 Å². The molecule has 3 heterocycles. The van der Waals surface area contributed by atoms with Gasteiger partial charge in [-0.25, -0.2) is 14.6 Å². The Morgan fingerprint density at radius 1 is 1.04 bits per heavy atom. The lowest BCUT2D eigenvalue weighted by Crippen LogP contribution is -2.40. The molecular formula is C34H33ClN2O9S. The number of carbonyl (C=O) groups excluding carboxylic acids is 2. The SMILES string of the molecule is CCOC(=O)C1=C(C)N=c2s/c(=C/c3ccc(-c4cc(Cl)ccc4C(=O)OC(C)C)o3)c(=O)n2[C@@H]1c1cc(OC)c(OC)c(OC)c1. The van der Waals surface area contributed by atoms with Crippen LogP contribution in [0.5, 0.6) is 17.2 Å². The van der Waals surface area contributed by atoms with Gasteiger partial charge in [-0.15, -0.1) is 0 Å². The predicted octanol–water partition coefficient (Wildman–Crippen LogP) is 5.30. The third-order valence-electron chi connectivity index (χ3n) is 7.23. The number of furan rings is 1. The van der Waals surface area contributed by atoms with Crippen LogP contribution in [0.25, 0.3) is 17.4 Å². The van der Waals surface area contributed by atoms with Gasteiger partial charge in [0.15, 0.2) is 16.3 Å². The molecule has 0 bridgehead atoms. The maximum absolute atomic E-state index is 14.1. The molecule has 5 rings (SSSR count). The number of halogens is 1. The Morgan fingerprint density at radius 2 is 1.74 bits per heavy atom. The number of fused-ring (bicyclic) bond motifs is 1. The lowest BCUT2D eigenvalue weighted by atomic mass is 9.95. The van der Waals surface area contributed by atoms with Crippen LogP contribution in [0, 0.1) is 0 Å². The summed E-state index contributed by atoms with van der Waals surface area (Å²) in [5.41, 5.74) is 1.44. The average molecular weight is 681 g/mol. The van der Waals surface area contributed by atoms with Gasteiger partial charge in [-0.05, 0) is 75.7 Å². The average Bonchev–Trinajstić information content (AvgIpc) is 3.63. The van der Waals surface area contributed by atoms with Crippen LogP contribution in [0.1, 0.15) is 55.4 Å². The van der Waals surface area contributed by atoms with Crippen molar-refractivity contribution in [3.8, 4) is 28.6 Å². The smallest absolute Gasteiger partial charge is 0.339 e. The number of thiazole rings is 1. The molecule has 11 nitrogen and oxygen atoms in total. The van der Waals surface area contributed by atoms with Gasteiger partial charge in [0.05, 0.1) is 61.4 Å². The van der Waals surface area contributed by atoms with Crippen molar-refractivity contribution in [1.82, 2.24) is 4.57 Å². The van der Waals surface area contributed by atoms with Gasteiger partial charge in [0.1, 0.15) is 11.5 Å². The first-order valence-corrected chi connectivity index (χ1v) is 15.8. The second-order valence-corrected chi connectivity index (χ2v) is 12.1. The third kappa shape index (κ3) is 6.56. The molecule has 47 heavy (non-hydrogen) atoms. The second kappa shape index (κ2) is 13.9. The number of rotatable bonds is 10. The number of carbonyl (C=O) groups is 2. The number of benzene rings is 2. The fourth-order valence-corrected chi connectivity index (χ4v) is 6.45. The lowest BCUT2D eigenvalue weighted by molar-refractivity contribution is -0.139. The zero-order valence-electron chi connectivity index (χ0n) is 26.8. The highest BCUT2D eigenvalue weighted by atomic mass is 35.5. The number of allylic oxidation sites excluding steroid dienone is 1. The molecule has 13 heteroatoms. The Balaban J connectivity index is 1.66. The summed E-state index contributed by atoms with van der Waals surface area (Å²) in [4.78, 5) is 45.3. The molecule has 1 atom stereocenters. The molecule has 0 saturated heterocycles. The van der Waals surface area contributed by atoms with Crippen LogP contribution in [0.2, 0.25) is 5.02 Å². The van der Waals surface area contributed by atoms with E-state index >= 15 is 0 Å². The minimum Gasteiger partial charge on any atom is -0.493 e. The van der Waals surface area contributed by atoms with E-state index in [-0.39, 0.29) is 23.8 Å². The number of esters is 2. The minimum absolute atomic E-state index is 0.131. The molecule has 0 aliphatic carbocycles. The van der Waals surface area contributed by atoms with Gasteiger partial charge in [-0.3, -0.25) is 9.36 Å². The van der Waals surface area contributed by atoms with E-state index in [9.17, 15) is 14.4 Å². The quantitative estimate of drug-likeness (QED) is 0.205. The first-order valence-electron chi connectivity index (χ1n) is 14.6. The van der Waals surface area contributed by atoms with Crippen LogP contribution in [0.4, 0.5) is 0 Å². The number of hydrogen-bond donors (Lipinski definition) is 0. The van der Waals surface area contributed by atoms with Gasteiger partial charge in [-0.2, -0.15) is 0 Å². The first-order chi connectivity index (χ1) is 22.5. The van der Waals surface area contributed by atoms with Crippen LogP contribution < -0.4 is 29.1 Å². The number of aromatic nitrogens is 1. The normalized spacial score (nSPS) is 14.5. The lowest BCUT2D eigenvalue weighted by Gasteiger charge is -2.26. The second-order valence-electron chi connectivity index (χ2n) is 10.6. The van der Waals surface area contributed by atoms with Crippen LogP contribution in [-0.2, 0) is 14.3 Å². The molecule has 0 radical (unpaired) electrons. The van der Waals surface area contributed by atoms with Crippen LogP contribution >= 0.6 is 22.9 Å². The fraction of sp³-hybridized carbons (Fsp3) is 0.294. The number of ether oxygens (including phenoxy) is 5. The van der Waals surface area contributed by atoms with Gasteiger partial charge >= 0.3 is 11.9 Å². The summed E-state index contributed by atoms with van der Waals surface area (Å²) in [5, 5.41) is 0.409. The van der Waals surface area contributed by atoms with Crippen molar-refractivity contribution in [1.29, 1.82) is 0 Å². The highest BCUT2D eigenvalue weighted by Crippen LogP contribution is 2.42. The summed E-state index contributed by atoms with van der Waals surface area (Å²) in [6, 6.07) is 10.6. The Labute approximate surface area is 279 Å². The van der Waals surface area contributed by atoms with E-state index in [0.29, 0.717) is 59.9 Å². The zero-order chi connectivity index (χ0) is 34.0. The fourth-order valence-electron chi connectivity index (χ4n) is 5.25. The maximum atomic E-state index is 14.1. The Hall–Kier alpha value is -4.81. The standard InChI is InChI=1S/C34H33ClN2O9S/c1-8-44-33(40)28-18(4)36-34-37(29(28)19-13-25(41-5)30(43-7)26(14-19)42-6)31(38)27(47-34)16-21-10-12-24(46-21)23-15-20(35)9-11-22(23)32(39)45-17(2)3/h9-17,29H,8H2,1-7H3/b27-16+/t29-/m1/s1.